The zero-order valence-electron chi connectivity index (χ0n) is 25.3. The molecule has 6 rings (SSSR count). The molecule has 6 heteroatoms. The van der Waals surface area contributed by atoms with Gasteiger partial charge in [0, 0.05) is 23.4 Å². The maximum Gasteiger partial charge on any atom is 0.339 e. The van der Waals surface area contributed by atoms with Gasteiger partial charge in [-0.3, -0.25) is 0 Å². The smallest absolute Gasteiger partial charge is 0.339 e. The van der Waals surface area contributed by atoms with Crippen LogP contribution in [-0.2, 0) is 11.2 Å². The predicted molar refractivity (Wildman–Crippen MR) is 173 cm³/mol. The molecule has 5 aromatic rings. The van der Waals surface area contributed by atoms with Crippen LogP contribution < -0.4 is 4.74 Å². The highest BCUT2D eigenvalue weighted by atomic mass is 16.5. The molecule has 1 aliphatic rings. The number of carbonyl (C=O) groups excluding carboxylic acids is 1. The second-order valence-corrected chi connectivity index (χ2v) is 11.3. The number of esters is 1. The molecule has 0 saturated carbocycles. The molecule has 2 heterocycles. The summed E-state index contributed by atoms with van der Waals surface area (Å²) < 4.78 is 17.9. The molecule has 6 nitrogen and oxygen atoms in total. The van der Waals surface area contributed by atoms with Crippen molar-refractivity contribution in [2.24, 2.45) is 0 Å². The minimum Gasteiger partial charge on any atom is -0.462 e. The van der Waals surface area contributed by atoms with Gasteiger partial charge in [0.05, 0.1) is 12.2 Å². The highest BCUT2D eigenvalue weighted by Crippen LogP contribution is 2.47. The van der Waals surface area contributed by atoms with Crippen LogP contribution in [0.2, 0.25) is 0 Å². The average molecular weight is 587 g/mol. The van der Waals surface area contributed by atoms with Gasteiger partial charge in [-0.15, -0.1) is 0 Å². The van der Waals surface area contributed by atoms with E-state index in [2.05, 4.69) is 47.4 Å². The number of aromatic nitrogens is 2. The molecule has 0 N–H and O–H groups in total. The van der Waals surface area contributed by atoms with E-state index in [1.54, 1.807) is 12.1 Å². The lowest BCUT2D eigenvalue weighted by molar-refractivity contribution is 0.0497. The van der Waals surface area contributed by atoms with Crippen molar-refractivity contribution in [2.75, 3.05) is 6.61 Å². The van der Waals surface area contributed by atoms with Crippen LogP contribution in [0.3, 0.4) is 0 Å². The number of hydrogen-bond acceptors (Lipinski definition) is 6. The monoisotopic (exact) mass is 586 g/mol. The number of carbonyl (C=O) groups is 1. The highest BCUT2D eigenvalue weighted by molar-refractivity contribution is 5.89. The van der Waals surface area contributed by atoms with E-state index >= 15 is 0 Å². The van der Waals surface area contributed by atoms with E-state index in [9.17, 15) is 4.79 Å². The van der Waals surface area contributed by atoms with Crippen LogP contribution in [0.4, 0.5) is 0 Å². The Hall–Kier alpha value is -4.71. The highest BCUT2D eigenvalue weighted by Gasteiger charge is 2.28. The molecule has 1 aliphatic carbocycles. The van der Waals surface area contributed by atoms with Gasteiger partial charge in [-0.05, 0) is 41.2 Å². The molecule has 2 aromatic heterocycles. The van der Waals surface area contributed by atoms with Gasteiger partial charge < -0.3 is 14.0 Å². The van der Waals surface area contributed by atoms with Crippen LogP contribution >= 0.6 is 0 Å². The van der Waals surface area contributed by atoms with Crippen molar-refractivity contribution in [3.05, 3.63) is 108 Å². The lowest BCUT2D eigenvalue weighted by atomic mass is 9.98. The van der Waals surface area contributed by atoms with Crippen molar-refractivity contribution in [1.82, 2.24) is 10.1 Å². The van der Waals surface area contributed by atoms with Crippen molar-refractivity contribution in [2.45, 2.75) is 64.7 Å². The maximum atomic E-state index is 12.6. The largest absolute Gasteiger partial charge is 0.462 e. The van der Waals surface area contributed by atoms with Crippen molar-refractivity contribution >= 4 is 5.97 Å². The van der Waals surface area contributed by atoms with E-state index in [1.165, 1.54) is 67.0 Å². The Morgan fingerprint density at radius 3 is 2.30 bits per heavy atom. The molecular formula is C38H38N2O4. The number of fused-ring (bicyclic) bond motifs is 3. The van der Waals surface area contributed by atoms with Crippen molar-refractivity contribution in [3.63, 3.8) is 0 Å². The lowest BCUT2D eigenvalue weighted by Gasteiger charge is -2.10. The Bertz CT molecular complexity index is 1690. The van der Waals surface area contributed by atoms with Gasteiger partial charge in [0.15, 0.2) is 5.69 Å². The lowest BCUT2D eigenvalue weighted by Crippen LogP contribution is -2.07. The molecule has 0 saturated heterocycles. The number of unbranched alkanes of at least 4 members (excludes halogenated alkanes) is 7. The minimum absolute atomic E-state index is 0.335. The summed E-state index contributed by atoms with van der Waals surface area (Å²) in [5.74, 6) is 0.992. The van der Waals surface area contributed by atoms with E-state index in [0.29, 0.717) is 35.3 Å². The molecule has 0 fully saturated rings. The summed E-state index contributed by atoms with van der Waals surface area (Å²) in [6.45, 7) is 2.65. The standard InChI is InChI=1S/C38H38N2O4/c1-2-3-4-5-6-7-8-14-24-42-38(41)29-22-23-34(39-26-29)43-37-35(27-16-10-9-11-17-27)40-44-36(37)32-21-15-20-31-30-19-13-12-18-28(30)25-33(31)32/h9-13,15-23,26H,2-8,14,24-25H2,1H3. The fraction of sp³-hybridized carbons (Fsp3) is 0.289. The Balaban J connectivity index is 1.17. The Morgan fingerprint density at radius 1 is 0.773 bits per heavy atom. The van der Waals surface area contributed by atoms with E-state index in [1.807, 2.05) is 42.5 Å². The number of pyridine rings is 1. The van der Waals surface area contributed by atoms with Crippen LogP contribution in [0.25, 0.3) is 33.7 Å². The van der Waals surface area contributed by atoms with Gasteiger partial charge in [-0.2, -0.15) is 0 Å². The summed E-state index contributed by atoms with van der Waals surface area (Å²) in [6.07, 6.45) is 11.9. The second-order valence-electron chi connectivity index (χ2n) is 11.3. The topological polar surface area (TPSA) is 74.5 Å². The van der Waals surface area contributed by atoms with Crippen molar-refractivity contribution in [1.29, 1.82) is 0 Å². The van der Waals surface area contributed by atoms with Crippen molar-refractivity contribution in [3.8, 4) is 45.3 Å². The molecule has 0 amide bonds. The number of hydrogen-bond donors (Lipinski definition) is 0. The predicted octanol–water partition coefficient (Wildman–Crippen LogP) is 10.1. The first-order valence-corrected chi connectivity index (χ1v) is 15.8. The molecule has 0 atom stereocenters. The third kappa shape index (κ3) is 6.60. The normalized spacial score (nSPS) is 11.7. The van der Waals surface area contributed by atoms with Crippen LogP contribution in [0.1, 0.15) is 79.8 Å². The fourth-order valence-electron chi connectivity index (χ4n) is 5.85. The van der Waals surface area contributed by atoms with Gasteiger partial charge >= 0.3 is 5.97 Å². The summed E-state index contributed by atoms with van der Waals surface area (Å²) in [5.41, 5.74) is 7.67. The number of rotatable bonds is 14. The van der Waals surface area contributed by atoms with Crippen LogP contribution in [0.5, 0.6) is 11.6 Å². The SMILES string of the molecule is CCCCCCCCCCOC(=O)c1ccc(Oc2c(-c3ccccc3)noc2-c2cccc3c2Cc2ccccc2-3)nc1. The number of benzene rings is 3. The van der Waals surface area contributed by atoms with Gasteiger partial charge in [0.25, 0.3) is 0 Å². The number of nitrogens with zero attached hydrogens (tertiary/aromatic N) is 2. The van der Waals surface area contributed by atoms with E-state index in [0.717, 1.165) is 30.4 Å². The van der Waals surface area contributed by atoms with Crippen LogP contribution in [0.15, 0.2) is 95.6 Å². The summed E-state index contributed by atoms with van der Waals surface area (Å²) in [4.78, 5) is 17.1. The fourth-order valence-corrected chi connectivity index (χ4v) is 5.85. The van der Waals surface area contributed by atoms with Gasteiger partial charge in [0.1, 0.15) is 0 Å². The minimum atomic E-state index is -0.373. The molecule has 0 bridgehead atoms. The van der Waals surface area contributed by atoms with E-state index in [4.69, 9.17) is 14.0 Å². The first kappa shape index (κ1) is 29.4. The zero-order chi connectivity index (χ0) is 30.1. The quantitative estimate of drug-likeness (QED) is 0.0934. The average Bonchev–Trinajstić information content (AvgIpc) is 3.66. The molecule has 0 spiro atoms. The number of ether oxygens (including phenoxy) is 2. The summed E-state index contributed by atoms with van der Waals surface area (Å²) in [6, 6.07) is 27.9. The Labute approximate surface area is 259 Å². The van der Waals surface area contributed by atoms with Gasteiger partial charge in [0.2, 0.25) is 17.4 Å². The van der Waals surface area contributed by atoms with E-state index < -0.39 is 0 Å². The van der Waals surface area contributed by atoms with Crippen molar-refractivity contribution < 1.29 is 18.8 Å². The summed E-state index contributed by atoms with van der Waals surface area (Å²) in [5, 5.41) is 4.45. The zero-order valence-corrected chi connectivity index (χ0v) is 25.3. The third-order valence-corrected chi connectivity index (χ3v) is 8.20. The molecule has 3 aromatic carbocycles. The first-order chi connectivity index (χ1) is 21.7. The second kappa shape index (κ2) is 14.2. The first-order valence-electron chi connectivity index (χ1n) is 15.8. The third-order valence-electron chi connectivity index (χ3n) is 8.20. The molecular weight excluding hydrogens is 548 g/mol. The molecule has 44 heavy (non-hydrogen) atoms. The van der Waals surface area contributed by atoms with Crippen LogP contribution in [-0.4, -0.2) is 22.7 Å². The van der Waals surface area contributed by atoms with E-state index in [-0.39, 0.29) is 5.97 Å². The molecule has 0 unspecified atom stereocenters. The Kier molecular flexibility index (Phi) is 9.46. The van der Waals surface area contributed by atoms with Gasteiger partial charge in [-0.1, -0.05) is 130 Å². The summed E-state index contributed by atoms with van der Waals surface area (Å²) in [7, 11) is 0. The molecule has 0 aliphatic heterocycles. The maximum absolute atomic E-state index is 12.6. The molecule has 224 valence electrons. The molecule has 0 radical (unpaired) electrons. The van der Waals surface area contributed by atoms with Crippen LogP contribution in [0, 0.1) is 0 Å². The Morgan fingerprint density at radius 2 is 1.50 bits per heavy atom. The summed E-state index contributed by atoms with van der Waals surface area (Å²) >= 11 is 0. The van der Waals surface area contributed by atoms with Gasteiger partial charge in [-0.25, -0.2) is 9.78 Å².